The summed E-state index contributed by atoms with van der Waals surface area (Å²) >= 11 is 5.99. The monoisotopic (exact) mass is 380 g/mol. The Kier molecular flexibility index (Phi) is 4.41. The van der Waals surface area contributed by atoms with Crippen LogP contribution in [-0.4, -0.2) is 27.4 Å². The van der Waals surface area contributed by atoms with Gasteiger partial charge >= 0.3 is 0 Å². The lowest BCUT2D eigenvalue weighted by molar-refractivity contribution is 0.0949. The highest BCUT2D eigenvalue weighted by atomic mass is 35.5. The lowest BCUT2D eigenvalue weighted by Crippen LogP contribution is -2.24. The van der Waals surface area contributed by atoms with Crippen LogP contribution in [0.4, 0.5) is 0 Å². The molecule has 4 aromatic rings. The number of rotatable bonds is 4. The van der Waals surface area contributed by atoms with Gasteiger partial charge in [-0.1, -0.05) is 11.6 Å². The second-order valence-corrected chi connectivity index (χ2v) is 6.64. The Labute approximate surface area is 160 Å². The normalized spacial score (nSPS) is 11.1. The van der Waals surface area contributed by atoms with Gasteiger partial charge in [-0.05, 0) is 37.3 Å². The number of pyridine rings is 2. The van der Waals surface area contributed by atoms with E-state index >= 15 is 0 Å². The predicted molar refractivity (Wildman–Crippen MR) is 104 cm³/mol. The molecule has 1 N–H and O–H groups in total. The summed E-state index contributed by atoms with van der Waals surface area (Å²) in [4.78, 5) is 21.6. The molecule has 27 heavy (non-hydrogen) atoms. The fraction of sp³-hybridized carbons (Fsp3) is 0.150. The zero-order valence-corrected chi connectivity index (χ0v) is 15.6. The van der Waals surface area contributed by atoms with Crippen molar-refractivity contribution in [3.05, 3.63) is 70.8 Å². The lowest BCUT2D eigenvalue weighted by atomic mass is 10.1. The number of carbonyl (C=O) groups is 1. The Hall–Kier alpha value is -3.12. The van der Waals surface area contributed by atoms with Gasteiger partial charge in [-0.15, -0.1) is 0 Å². The third kappa shape index (κ3) is 3.44. The van der Waals surface area contributed by atoms with E-state index in [1.54, 1.807) is 19.4 Å². The highest BCUT2D eigenvalue weighted by Crippen LogP contribution is 2.21. The van der Waals surface area contributed by atoms with Crippen LogP contribution in [0.2, 0.25) is 5.02 Å². The molecule has 3 aromatic heterocycles. The maximum Gasteiger partial charge on any atom is 0.253 e. The number of fused-ring (bicyclic) bond motifs is 2. The minimum absolute atomic E-state index is 0.187. The molecular weight excluding hydrogens is 364 g/mol. The predicted octanol–water partition coefficient (Wildman–Crippen LogP) is 3.78. The molecule has 0 aliphatic carbocycles. The average Bonchev–Trinajstić information content (AvgIpc) is 3.07. The fourth-order valence-corrected chi connectivity index (χ4v) is 3.14. The summed E-state index contributed by atoms with van der Waals surface area (Å²) in [5, 5.41) is 4.42. The molecule has 0 unspecified atom stereocenters. The van der Waals surface area contributed by atoms with Crippen LogP contribution in [0.1, 0.15) is 21.7 Å². The van der Waals surface area contributed by atoms with Gasteiger partial charge in [-0.3, -0.25) is 9.78 Å². The summed E-state index contributed by atoms with van der Waals surface area (Å²) in [6.07, 6.45) is 3.63. The second-order valence-electron chi connectivity index (χ2n) is 6.21. The van der Waals surface area contributed by atoms with E-state index < -0.39 is 0 Å². The number of benzene rings is 1. The van der Waals surface area contributed by atoms with E-state index in [9.17, 15) is 4.79 Å². The molecule has 0 saturated carbocycles. The number of methoxy groups -OCH3 is 1. The van der Waals surface area contributed by atoms with Crippen molar-refractivity contribution in [2.24, 2.45) is 0 Å². The topological polar surface area (TPSA) is 68.5 Å². The zero-order chi connectivity index (χ0) is 19.0. The number of ether oxygens (including phenoxy) is 1. The largest absolute Gasteiger partial charge is 0.497 e. The number of hydrogen-bond acceptors (Lipinski definition) is 4. The van der Waals surface area contributed by atoms with E-state index in [1.807, 2.05) is 47.9 Å². The molecule has 1 amide bonds. The minimum atomic E-state index is -0.187. The first-order valence-electron chi connectivity index (χ1n) is 8.40. The van der Waals surface area contributed by atoms with Crippen LogP contribution in [0.25, 0.3) is 16.6 Å². The van der Waals surface area contributed by atoms with Crippen LogP contribution in [-0.2, 0) is 6.54 Å². The van der Waals surface area contributed by atoms with Gasteiger partial charge in [0, 0.05) is 23.8 Å². The van der Waals surface area contributed by atoms with Crippen molar-refractivity contribution < 1.29 is 9.53 Å². The summed E-state index contributed by atoms with van der Waals surface area (Å²) < 4.78 is 7.06. The van der Waals surface area contributed by atoms with Gasteiger partial charge in [0.2, 0.25) is 0 Å². The molecule has 7 heteroatoms. The summed E-state index contributed by atoms with van der Waals surface area (Å²) in [6.45, 7) is 2.14. The van der Waals surface area contributed by atoms with Crippen LogP contribution in [0, 0.1) is 6.92 Å². The Bertz CT molecular complexity index is 1170. The molecule has 0 bridgehead atoms. The number of halogens is 1. The van der Waals surface area contributed by atoms with E-state index in [0.717, 1.165) is 28.0 Å². The Balaban J connectivity index is 1.55. The van der Waals surface area contributed by atoms with Crippen molar-refractivity contribution >= 4 is 34.1 Å². The number of nitrogens with one attached hydrogen (secondary N) is 1. The summed E-state index contributed by atoms with van der Waals surface area (Å²) in [7, 11) is 1.61. The van der Waals surface area contributed by atoms with Crippen molar-refractivity contribution in [3.63, 3.8) is 0 Å². The fourth-order valence-electron chi connectivity index (χ4n) is 2.97. The maximum atomic E-state index is 12.6. The summed E-state index contributed by atoms with van der Waals surface area (Å²) in [5.41, 5.74) is 3.53. The quantitative estimate of drug-likeness (QED) is 0.585. The minimum Gasteiger partial charge on any atom is -0.497 e. The third-order valence-electron chi connectivity index (χ3n) is 4.35. The summed E-state index contributed by atoms with van der Waals surface area (Å²) in [5.74, 6) is 0.548. The van der Waals surface area contributed by atoms with Gasteiger partial charge < -0.3 is 14.5 Å². The number of imidazole rings is 1. The smallest absolute Gasteiger partial charge is 0.253 e. The van der Waals surface area contributed by atoms with Crippen molar-refractivity contribution in [2.45, 2.75) is 13.5 Å². The first kappa shape index (κ1) is 17.3. The molecule has 0 radical (unpaired) electrons. The van der Waals surface area contributed by atoms with Gasteiger partial charge in [0.25, 0.3) is 5.91 Å². The van der Waals surface area contributed by atoms with Crippen molar-refractivity contribution in [1.29, 1.82) is 0 Å². The van der Waals surface area contributed by atoms with Crippen LogP contribution in [0.3, 0.4) is 0 Å². The molecule has 0 fully saturated rings. The van der Waals surface area contributed by atoms with Crippen LogP contribution in [0.15, 0.2) is 48.8 Å². The van der Waals surface area contributed by atoms with Crippen molar-refractivity contribution in [1.82, 2.24) is 19.7 Å². The molecule has 0 spiro atoms. The Morgan fingerprint density at radius 3 is 2.85 bits per heavy atom. The average molecular weight is 381 g/mol. The number of hydrogen-bond donors (Lipinski definition) is 1. The molecule has 1 aromatic carbocycles. The number of aromatic nitrogens is 3. The molecule has 136 valence electrons. The first-order chi connectivity index (χ1) is 13.0. The molecule has 0 atom stereocenters. The highest BCUT2D eigenvalue weighted by molar-refractivity contribution is 6.30. The van der Waals surface area contributed by atoms with Crippen LogP contribution in [0.5, 0.6) is 5.75 Å². The van der Waals surface area contributed by atoms with Gasteiger partial charge in [-0.25, -0.2) is 4.98 Å². The molecular formula is C20H17ClN4O2. The van der Waals surface area contributed by atoms with Crippen LogP contribution < -0.4 is 10.1 Å². The maximum absolute atomic E-state index is 12.6. The van der Waals surface area contributed by atoms with Crippen molar-refractivity contribution in [2.75, 3.05) is 7.11 Å². The van der Waals surface area contributed by atoms with E-state index in [-0.39, 0.29) is 5.91 Å². The molecule has 4 rings (SSSR count). The lowest BCUT2D eigenvalue weighted by Gasteiger charge is -2.09. The standard InChI is InChI=1S/C20H17ClN4O2/c1-12-17(7-13-3-5-16(27-2)8-18(13)23-12)20(26)22-9-15-11-25-10-14(21)4-6-19(25)24-15/h3-8,10-11H,9H2,1-2H3,(H,22,26). The number of amides is 1. The van der Waals surface area contributed by atoms with Crippen LogP contribution >= 0.6 is 11.6 Å². The van der Waals surface area contributed by atoms with E-state index in [2.05, 4.69) is 15.3 Å². The second kappa shape index (κ2) is 6.89. The third-order valence-corrected chi connectivity index (χ3v) is 4.58. The van der Waals surface area contributed by atoms with E-state index in [1.165, 1.54) is 0 Å². The summed E-state index contributed by atoms with van der Waals surface area (Å²) in [6, 6.07) is 11.1. The SMILES string of the molecule is COc1ccc2cc(C(=O)NCc3cn4cc(Cl)ccc4n3)c(C)nc2c1. The van der Waals surface area contributed by atoms with E-state index in [0.29, 0.717) is 22.8 Å². The van der Waals surface area contributed by atoms with Crippen molar-refractivity contribution in [3.8, 4) is 5.75 Å². The van der Waals surface area contributed by atoms with Gasteiger partial charge in [0.05, 0.1) is 41.1 Å². The van der Waals surface area contributed by atoms with Gasteiger partial charge in [0.15, 0.2) is 0 Å². The number of aryl methyl sites for hydroxylation is 1. The zero-order valence-electron chi connectivity index (χ0n) is 14.9. The van der Waals surface area contributed by atoms with Gasteiger partial charge in [-0.2, -0.15) is 0 Å². The molecule has 3 heterocycles. The number of carbonyl (C=O) groups excluding carboxylic acids is 1. The van der Waals surface area contributed by atoms with Gasteiger partial charge in [0.1, 0.15) is 11.4 Å². The Morgan fingerprint density at radius 1 is 1.19 bits per heavy atom. The molecule has 0 aliphatic rings. The number of nitrogens with zero attached hydrogens (tertiary/aromatic N) is 3. The Morgan fingerprint density at radius 2 is 2.04 bits per heavy atom. The molecule has 6 nitrogen and oxygen atoms in total. The molecule has 0 saturated heterocycles. The van der Waals surface area contributed by atoms with E-state index in [4.69, 9.17) is 16.3 Å². The first-order valence-corrected chi connectivity index (χ1v) is 8.78. The highest BCUT2D eigenvalue weighted by Gasteiger charge is 2.13. The molecule has 0 aliphatic heterocycles.